The second-order valence-electron chi connectivity index (χ2n) is 8.30. The maximum Gasteiger partial charge on any atom is 0.275 e. The van der Waals surface area contributed by atoms with E-state index in [1.54, 1.807) is 6.92 Å². The van der Waals surface area contributed by atoms with Crippen molar-refractivity contribution in [3.63, 3.8) is 0 Å². The summed E-state index contributed by atoms with van der Waals surface area (Å²) in [7, 11) is 4.01. The molecule has 0 fully saturated rings. The third-order valence-electron chi connectivity index (χ3n) is 5.45. The first kappa shape index (κ1) is 23.2. The molecule has 2 amide bonds. The Balaban J connectivity index is 1.57. The number of amides is 2. The molecule has 3 aromatic heterocycles. The minimum atomic E-state index is -0.426. The van der Waals surface area contributed by atoms with Gasteiger partial charge in [0.05, 0.1) is 10.3 Å². The van der Waals surface area contributed by atoms with Gasteiger partial charge in [-0.1, -0.05) is 18.2 Å². The SMILES string of the molecule is CC1=CC(=O)N(Nc2nc(-c3cccs3)nc3scc(-c4cccc(OCCN(C)C)c4)c23)C1=O. The summed E-state index contributed by atoms with van der Waals surface area (Å²) in [5.41, 5.74) is 5.18. The van der Waals surface area contributed by atoms with E-state index >= 15 is 0 Å². The Morgan fingerprint density at radius 1 is 1.11 bits per heavy atom. The number of thiophene rings is 2. The molecule has 4 aromatic rings. The molecular weight excluding hydrogens is 482 g/mol. The molecule has 0 unspecified atom stereocenters. The third-order valence-corrected chi connectivity index (χ3v) is 7.18. The average Bonchev–Trinajstić information content (AvgIpc) is 3.56. The number of hydrazine groups is 1. The quantitative estimate of drug-likeness (QED) is 0.348. The standard InChI is InChI=1S/C25H23N5O3S2/c1-15-12-20(31)30(25(15)32)28-23-21-18(16-6-4-7-17(13-16)33-10-9-29(2)3)14-35-24(21)27-22(26-23)19-8-5-11-34-19/h4-8,11-14H,9-10H2,1-3H3,(H,26,27,28). The molecule has 8 nitrogen and oxygen atoms in total. The number of nitrogens with zero attached hydrogens (tertiary/aromatic N) is 4. The van der Waals surface area contributed by atoms with Gasteiger partial charge in [0.25, 0.3) is 11.8 Å². The highest BCUT2D eigenvalue weighted by molar-refractivity contribution is 7.17. The fourth-order valence-corrected chi connectivity index (χ4v) is 5.25. The predicted molar refractivity (Wildman–Crippen MR) is 139 cm³/mol. The lowest BCUT2D eigenvalue weighted by Gasteiger charge is -2.18. The van der Waals surface area contributed by atoms with Crippen LogP contribution in [-0.2, 0) is 9.59 Å². The van der Waals surface area contributed by atoms with Crippen molar-refractivity contribution in [2.75, 3.05) is 32.7 Å². The number of carbonyl (C=O) groups excluding carboxylic acids is 2. The number of fused-ring (bicyclic) bond motifs is 1. The zero-order chi connectivity index (χ0) is 24.5. The summed E-state index contributed by atoms with van der Waals surface area (Å²) >= 11 is 3.01. The summed E-state index contributed by atoms with van der Waals surface area (Å²) in [6.07, 6.45) is 1.32. The van der Waals surface area contributed by atoms with Gasteiger partial charge in [-0.25, -0.2) is 9.97 Å². The van der Waals surface area contributed by atoms with Gasteiger partial charge in [-0.2, -0.15) is 5.01 Å². The molecule has 4 heterocycles. The maximum absolute atomic E-state index is 12.6. The smallest absolute Gasteiger partial charge is 0.275 e. The van der Waals surface area contributed by atoms with E-state index in [2.05, 4.69) is 10.3 Å². The van der Waals surface area contributed by atoms with Crippen molar-refractivity contribution in [2.45, 2.75) is 6.92 Å². The minimum Gasteiger partial charge on any atom is -0.492 e. The Bertz CT molecular complexity index is 1440. The normalized spacial score (nSPS) is 13.7. The van der Waals surface area contributed by atoms with Gasteiger partial charge in [0.1, 0.15) is 17.2 Å². The highest BCUT2D eigenvalue weighted by Gasteiger charge is 2.30. The summed E-state index contributed by atoms with van der Waals surface area (Å²) in [4.78, 5) is 38.3. The summed E-state index contributed by atoms with van der Waals surface area (Å²) in [6, 6.07) is 11.7. The first-order chi connectivity index (χ1) is 16.9. The van der Waals surface area contributed by atoms with E-state index in [0.29, 0.717) is 23.8 Å². The first-order valence-electron chi connectivity index (χ1n) is 10.9. The topological polar surface area (TPSA) is 87.7 Å². The fraction of sp³-hybridized carbons (Fsp3) is 0.200. The molecule has 0 saturated heterocycles. The Hall–Kier alpha value is -3.60. The Morgan fingerprint density at radius 3 is 2.69 bits per heavy atom. The number of carbonyl (C=O) groups is 2. The molecule has 1 N–H and O–H groups in total. The van der Waals surface area contributed by atoms with Crippen LogP contribution in [0.1, 0.15) is 6.92 Å². The molecule has 1 aliphatic heterocycles. The second-order valence-corrected chi connectivity index (χ2v) is 10.1. The van der Waals surface area contributed by atoms with Crippen molar-refractivity contribution in [3.8, 4) is 27.6 Å². The fourth-order valence-electron chi connectivity index (χ4n) is 3.65. The van der Waals surface area contributed by atoms with Crippen molar-refractivity contribution in [3.05, 3.63) is 58.8 Å². The van der Waals surface area contributed by atoms with Gasteiger partial charge in [-0.05, 0) is 50.2 Å². The molecule has 5 rings (SSSR count). The Labute approximate surface area is 210 Å². The van der Waals surface area contributed by atoms with Crippen molar-refractivity contribution in [1.29, 1.82) is 0 Å². The van der Waals surface area contributed by atoms with E-state index in [-0.39, 0.29) is 0 Å². The highest BCUT2D eigenvalue weighted by Crippen LogP contribution is 2.40. The van der Waals surface area contributed by atoms with Gasteiger partial charge in [0.15, 0.2) is 11.6 Å². The maximum atomic E-state index is 12.6. The molecule has 0 saturated carbocycles. The molecule has 1 aliphatic rings. The second kappa shape index (κ2) is 9.57. The monoisotopic (exact) mass is 505 g/mol. The molecular formula is C25H23N5O3S2. The molecule has 0 radical (unpaired) electrons. The number of hydrogen-bond donors (Lipinski definition) is 1. The van der Waals surface area contributed by atoms with Crippen molar-refractivity contribution in [2.24, 2.45) is 0 Å². The van der Waals surface area contributed by atoms with Crippen LogP contribution in [0.15, 0.2) is 58.8 Å². The van der Waals surface area contributed by atoms with Gasteiger partial charge in [0.2, 0.25) is 0 Å². The number of anilines is 1. The van der Waals surface area contributed by atoms with Crippen molar-refractivity contribution >= 4 is 50.5 Å². The lowest BCUT2D eigenvalue weighted by molar-refractivity contribution is -0.135. The molecule has 0 atom stereocenters. The third kappa shape index (κ3) is 4.68. The Kier molecular flexibility index (Phi) is 6.33. The van der Waals surface area contributed by atoms with Gasteiger partial charge >= 0.3 is 0 Å². The number of benzene rings is 1. The zero-order valence-corrected chi connectivity index (χ0v) is 21.1. The van der Waals surface area contributed by atoms with E-state index in [1.165, 1.54) is 28.7 Å². The van der Waals surface area contributed by atoms with Crippen molar-refractivity contribution in [1.82, 2.24) is 19.9 Å². The van der Waals surface area contributed by atoms with Crippen LogP contribution < -0.4 is 10.2 Å². The van der Waals surface area contributed by atoms with Crippen LogP contribution in [0.5, 0.6) is 5.75 Å². The number of likely N-dealkylation sites (N-methyl/N-ethyl adjacent to an activating group) is 1. The van der Waals surface area contributed by atoms with Crippen LogP contribution in [0.4, 0.5) is 5.82 Å². The first-order valence-corrected chi connectivity index (χ1v) is 12.7. The summed E-state index contributed by atoms with van der Waals surface area (Å²) in [5, 5.41) is 5.71. The zero-order valence-electron chi connectivity index (χ0n) is 19.4. The summed E-state index contributed by atoms with van der Waals surface area (Å²) < 4.78 is 5.93. The lowest BCUT2D eigenvalue weighted by Crippen LogP contribution is -2.36. The van der Waals surface area contributed by atoms with Crippen LogP contribution >= 0.6 is 22.7 Å². The number of aromatic nitrogens is 2. The number of hydrogen-bond acceptors (Lipinski definition) is 9. The highest BCUT2D eigenvalue weighted by atomic mass is 32.1. The van der Waals surface area contributed by atoms with E-state index in [9.17, 15) is 9.59 Å². The van der Waals surface area contributed by atoms with Crippen LogP contribution in [-0.4, -0.2) is 58.9 Å². The van der Waals surface area contributed by atoms with E-state index < -0.39 is 11.8 Å². The summed E-state index contributed by atoms with van der Waals surface area (Å²) in [5.74, 6) is 0.878. The Morgan fingerprint density at radius 2 is 1.97 bits per heavy atom. The van der Waals surface area contributed by atoms with Crippen LogP contribution in [0.25, 0.3) is 32.0 Å². The van der Waals surface area contributed by atoms with Crippen LogP contribution in [0, 0.1) is 0 Å². The number of imide groups is 1. The average molecular weight is 506 g/mol. The predicted octanol–water partition coefficient (Wildman–Crippen LogP) is 4.67. The van der Waals surface area contributed by atoms with Crippen LogP contribution in [0.2, 0.25) is 0 Å². The molecule has 35 heavy (non-hydrogen) atoms. The number of nitrogens with one attached hydrogen (secondary N) is 1. The molecule has 0 spiro atoms. The van der Waals surface area contributed by atoms with Crippen molar-refractivity contribution < 1.29 is 14.3 Å². The number of rotatable bonds is 8. The van der Waals surface area contributed by atoms with Crippen LogP contribution in [0.3, 0.4) is 0 Å². The molecule has 10 heteroatoms. The van der Waals surface area contributed by atoms with Gasteiger partial charge in [0, 0.05) is 29.1 Å². The van der Waals surface area contributed by atoms with Gasteiger partial charge in [-0.15, -0.1) is 22.7 Å². The molecule has 0 aliphatic carbocycles. The van der Waals surface area contributed by atoms with E-state index in [1.807, 2.05) is 61.3 Å². The van der Waals surface area contributed by atoms with E-state index in [4.69, 9.17) is 14.7 Å². The van der Waals surface area contributed by atoms with Gasteiger partial charge in [-0.3, -0.25) is 15.0 Å². The molecule has 1 aromatic carbocycles. The lowest BCUT2D eigenvalue weighted by atomic mass is 10.1. The van der Waals surface area contributed by atoms with E-state index in [0.717, 1.165) is 43.5 Å². The van der Waals surface area contributed by atoms with Gasteiger partial charge < -0.3 is 9.64 Å². The molecule has 0 bridgehead atoms. The minimum absolute atomic E-state index is 0.374. The number of ether oxygens (including phenoxy) is 1. The summed E-state index contributed by atoms with van der Waals surface area (Å²) in [6.45, 7) is 3.00. The molecule has 178 valence electrons. The largest absolute Gasteiger partial charge is 0.492 e.